The number of hydrogen-bond donors (Lipinski definition) is 1. The fraction of sp³-hybridized carbons (Fsp3) is 0.190. The topological polar surface area (TPSA) is 67.8 Å². The normalized spacial score (nSPS) is 16.5. The second kappa shape index (κ2) is 6.70. The van der Waals surface area contributed by atoms with Gasteiger partial charge in [0.15, 0.2) is 0 Å². The van der Waals surface area contributed by atoms with E-state index in [1.165, 1.54) is 0 Å². The standard InChI is InChI=1S/C21H20N2O3S/c1-14(2)26-19-12-11-15-7-3-4-8-16(15)18(19)13-22-21-17-9-5-6-10-20(17)27(24,25)23-21/h3-12,14H,13H2,1-2H3,(H,22,23). The van der Waals surface area contributed by atoms with Crippen LogP contribution >= 0.6 is 0 Å². The third-order valence-electron chi connectivity index (χ3n) is 4.42. The molecule has 0 fully saturated rings. The van der Waals surface area contributed by atoms with Crippen molar-refractivity contribution < 1.29 is 13.2 Å². The maximum atomic E-state index is 12.3. The minimum atomic E-state index is -3.54. The molecule has 3 aromatic carbocycles. The van der Waals surface area contributed by atoms with Crippen LogP contribution in [0, 0.1) is 0 Å². The number of aliphatic imine (C=N–C) groups is 1. The molecule has 4 rings (SSSR count). The van der Waals surface area contributed by atoms with E-state index in [-0.39, 0.29) is 11.0 Å². The molecule has 138 valence electrons. The van der Waals surface area contributed by atoms with Crippen molar-refractivity contribution in [3.8, 4) is 5.75 Å². The van der Waals surface area contributed by atoms with E-state index in [2.05, 4.69) is 9.71 Å². The van der Waals surface area contributed by atoms with Crippen LogP contribution in [0.1, 0.15) is 25.0 Å². The van der Waals surface area contributed by atoms with Gasteiger partial charge < -0.3 is 4.74 Å². The summed E-state index contributed by atoms with van der Waals surface area (Å²) in [7, 11) is -3.54. The molecule has 0 saturated heterocycles. The molecule has 0 radical (unpaired) electrons. The Kier molecular flexibility index (Phi) is 4.36. The molecule has 1 N–H and O–H groups in total. The number of amidine groups is 1. The highest BCUT2D eigenvalue weighted by Gasteiger charge is 2.30. The molecular weight excluding hydrogens is 360 g/mol. The maximum Gasteiger partial charge on any atom is 0.263 e. The zero-order chi connectivity index (χ0) is 19.0. The van der Waals surface area contributed by atoms with Gasteiger partial charge in [-0.25, -0.2) is 8.42 Å². The van der Waals surface area contributed by atoms with Crippen LogP contribution in [-0.2, 0) is 16.6 Å². The lowest BCUT2D eigenvalue weighted by Gasteiger charge is -2.15. The van der Waals surface area contributed by atoms with Gasteiger partial charge in [0, 0.05) is 11.1 Å². The monoisotopic (exact) mass is 380 g/mol. The van der Waals surface area contributed by atoms with Crippen molar-refractivity contribution >= 4 is 26.6 Å². The number of hydrogen-bond acceptors (Lipinski definition) is 4. The van der Waals surface area contributed by atoms with Crippen LogP contribution < -0.4 is 9.46 Å². The Bertz CT molecular complexity index is 1150. The van der Waals surface area contributed by atoms with Gasteiger partial charge in [-0.1, -0.05) is 42.5 Å². The van der Waals surface area contributed by atoms with Gasteiger partial charge in [0.25, 0.3) is 10.0 Å². The Morgan fingerprint density at radius 2 is 1.74 bits per heavy atom. The summed E-state index contributed by atoms with van der Waals surface area (Å²) in [6.07, 6.45) is 0.0308. The molecule has 0 bridgehead atoms. The molecule has 6 heteroatoms. The highest BCUT2D eigenvalue weighted by molar-refractivity contribution is 7.90. The van der Waals surface area contributed by atoms with Gasteiger partial charge in [0.1, 0.15) is 11.6 Å². The summed E-state index contributed by atoms with van der Waals surface area (Å²) in [6, 6.07) is 18.9. The second-order valence-electron chi connectivity index (χ2n) is 6.70. The number of ether oxygens (including phenoxy) is 1. The smallest absolute Gasteiger partial charge is 0.263 e. The number of benzene rings is 3. The Morgan fingerprint density at radius 1 is 1.00 bits per heavy atom. The molecule has 1 heterocycles. The first-order valence-electron chi connectivity index (χ1n) is 8.79. The average Bonchev–Trinajstić information content (AvgIpc) is 2.91. The summed E-state index contributed by atoms with van der Waals surface area (Å²) in [4.78, 5) is 4.86. The summed E-state index contributed by atoms with van der Waals surface area (Å²) >= 11 is 0. The minimum absolute atomic E-state index is 0.0308. The van der Waals surface area contributed by atoms with Crippen LogP contribution in [0.2, 0.25) is 0 Å². The molecule has 0 aromatic heterocycles. The summed E-state index contributed by atoms with van der Waals surface area (Å²) in [5, 5.41) is 2.14. The first kappa shape index (κ1) is 17.5. The van der Waals surface area contributed by atoms with E-state index in [1.54, 1.807) is 18.2 Å². The summed E-state index contributed by atoms with van der Waals surface area (Å²) in [6.45, 7) is 4.27. The molecule has 3 aromatic rings. The van der Waals surface area contributed by atoms with Crippen molar-refractivity contribution in [1.82, 2.24) is 4.72 Å². The van der Waals surface area contributed by atoms with E-state index in [9.17, 15) is 8.42 Å². The van der Waals surface area contributed by atoms with Gasteiger partial charge >= 0.3 is 0 Å². The number of nitrogens with zero attached hydrogens (tertiary/aromatic N) is 1. The van der Waals surface area contributed by atoms with Crippen molar-refractivity contribution in [3.05, 3.63) is 71.8 Å². The van der Waals surface area contributed by atoms with E-state index in [4.69, 9.17) is 4.74 Å². The molecule has 0 aliphatic carbocycles. The Morgan fingerprint density at radius 3 is 2.56 bits per heavy atom. The number of nitrogens with one attached hydrogen (secondary N) is 1. The number of rotatable bonds is 4. The van der Waals surface area contributed by atoms with Crippen LogP contribution in [-0.4, -0.2) is 20.4 Å². The molecule has 5 nitrogen and oxygen atoms in total. The van der Waals surface area contributed by atoms with Crippen molar-refractivity contribution in [2.45, 2.75) is 31.4 Å². The fourth-order valence-corrected chi connectivity index (χ4v) is 4.50. The molecule has 0 saturated carbocycles. The lowest BCUT2D eigenvalue weighted by Crippen LogP contribution is -2.22. The molecule has 0 atom stereocenters. The van der Waals surface area contributed by atoms with Crippen LogP contribution in [0.15, 0.2) is 70.6 Å². The Hall–Kier alpha value is -2.86. The first-order chi connectivity index (χ1) is 13.0. The molecule has 0 unspecified atom stereocenters. The largest absolute Gasteiger partial charge is 0.491 e. The van der Waals surface area contributed by atoms with Crippen LogP contribution in [0.4, 0.5) is 0 Å². The van der Waals surface area contributed by atoms with Gasteiger partial charge in [-0.2, -0.15) is 0 Å². The van der Waals surface area contributed by atoms with Gasteiger partial charge in [0.05, 0.1) is 17.5 Å². The molecule has 27 heavy (non-hydrogen) atoms. The molecular formula is C21H20N2O3S. The van der Waals surface area contributed by atoms with E-state index in [0.717, 1.165) is 22.1 Å². The highest BCUT2D eigenvalue weighted by atomic mass is 32.2. The van der Waals surface area contributed by atoms with E-state index in [1.807, 2.05) is 56.3 Å². The number of sulfonamides is 1. The highest BCUT2D eigenvalue weighted by Crippen LogP contribution is 2.30. The number of fused-ring (bicyclic) bond motifs is 2. The maximum absolute atomic E-state index is 12.3. The Labute approximate surface area is 158 Å². The third-order valence-corrected chi connectivity index (χ3v) is 5.82. The fourth-order valence-electron chi connectivity index (χ4n) is 3.25. The molecule has 0 spiro atoms. The van der Waals surface area contributed by atoms with Crippen LogP contribution in [0.3, 0.4) is 0 Å². The van der Waals surface area contributed by atoms with E-state index < -0.39 is 10.0 Å². The summed E-state index contributed by atoms with van der Waals surface area (Å²) in [5.74, 6) is 1.14. The second-order valence-corrected chi connectivity index (χ2v) is 8.35. The van der Waals surface area contributed by atoms with Crippen molar-refractivity contribution in [1.29, 1.82) is 0 Å². The quantitative estimate of drug-likeness (QED) is 0.747. The van der Waals surface area contributed by atoms with Crippen LogP contribution in [0.5, 0.6) is 5.75 Å². The average molecular weight is 380 g/mol. The summed E-state index contributed by atoms with van der Waals surface area (Å²) in [5.41, 5.74) is 1.54. The van der Waals surface area contributed by atoms with Gasteiger partial charge in [-0.3, -0.25) is 9.71 Å². The lowest BCUT2D eigenvalue weighted by molar-refractivity contribution is 0.240. The van der Waals surface area contributed by atoms with Crippen LogP contribution in [0.25, 0.3) is 10.8 Å². The SMILES string of the molecule is CC(C)Oc1ccc2ccccc2c1CN=C1NS(=O)(=O)c2ccccc21. The predicted octanol–water partition coefficient (Wildman–Crippen LogP) is 3.87. The van der Waals surface area contributed by atoms with Crippen molar-refractivity contribution in [2.24, 2.45) is 4.99 Å². The predicted molar refractivity (Wildman–Crippen MR) is 107 cm³/mol. The Balaban J connectivity index is 1.79. The van der Waals surface area contributed by atoms with E-state index in [0.29, 0.717) is 17.9 Å². The van der Waals surface area contributed by atoms with Gasteiger partial charge in [0.2, 0.25) is 0 Å². The molecule has 1 aliphatic rings. The lowest BCUT2D eigenvalue weighted by atomic mass is 10.0. The van der Waals surface area contributed by atoms with Gasteiger partial charge in [-0.15, -0.1) is 0 Å². The van der Waals surface area contributed by atoms with E-state index >= 15 is 0 Å². The first-order valence-corrected chi connectivity index (χ1v) is 10.3. The molecule has 1 aliphatic heterocycles. The minimum Gasteiger partial charge on any atom is -0.491 e. The van der Waals surface area contributed by atoms with Gasteiger partial charge in [-0.05, 0) is 42.8 Å². The summed E-state index contributed by atoms with van der Waals surface area (Å²) < 4.78 is 33.1. The van der Waals surface area contributed by atoms with Crippen molar-refractivity contribution in [2.75, 3.05) is 0 Å². The third kappa shape index (κ3) is 3.28. The zero-order valence-electron chi connectivity index (χ0n) is 15.1. The van der Waals surface area contributed by atoms with Crippen molar-refractivity contribution in [3.63, 3.8) is 0 Å². The molecule has 0 amide bonds. The zero-order valence-corrected chi connectivity index (χ0v) is 16.0.